The van der Waals surface area contributed by atoms with E-state index < -0.39 is 0 Å². The smallest absolute Gasteiger partial charge is 0.231 e. The zero-order chi connectivity index (χ0) is 22.8. The Kier molecular flexibility index (Phi) is 5.92. The second-order valence-electron chi connectivity index (χ2n) is 7.87. The molecule has 0 saturated heterocycles. The minimum atomic E-state index is 0.262. The lowest BCUT2D eigenvalue weighted by atomic mass is 10.2. The van der Waals surface area contributed by atoms with Crippen LogP contribution in [0.3, 0.4) is 0 Å². The fourth-order valence-corrected chi connectivity index (χ4v) is 4.13. The molecular formula is C27H23BrN2O3. The Labute approximate surface area is 201 Å². The summed E-state index contributed by atoms with van der Waals surface area (Å²) in [5.41, 5.74) is 6.38. The highest BCUT2D eigenvalue weighted by Crippen LogP contribution is 2.35. The summed E-state index contributed by atoms with van der Waals surface area (Å²) < 4.78 is 20.0. The molecule has 1 aromatic heterocycles. The van der Waals surface area contributed by atoms with Crippen LogP contribution in [0.4, 0.5) is 5.69 Å². The first-order valence-electron chi connectivity index (χ1n) is 10.7. The van der Waals surface area contributed by atoms with E-state index in [1.807, 2.05) is 48.7 Å². The highest BCUT2D eigenvalue weighted by Gasteiger charge is 2.13. The van der Waals surface area contributed by atoms with Gasteiger partial charge in [0, 0.05) is 39.4 Å². The van der Waals surface area contributed by atoms with E-state index in [2.05, 4.69) is 69.7 Å². The maximum Gasteiger partial charge on any atom is 0.231 e. The quantitative estimate of drug-likeness (QED) is 0.269. The Morgan fingerprint density at radius 3 is 2.48 bits per heavy atom. The normalized spacial score (nSPS) is 12.5. The molecule has 0 unspecified atom stereocenters. The Bertz CT molecular complexity index is 1310. The summed E-state index contributed by atoms with van der Waals surface area (Å²) in [7, 11) is 0. The molecule has 0 atom stereocenters. The first-order valence-corrected chi connectivity index (χ1v) is 11.5. The Morgan fingerprint density at radius 1 is 0.939 bits per heavy atom. The molecule has 33 heavy (non-hydrogen) atoms. The minimum absolute atomic E-state index is 0.262. The van der Waals surface area contributed by atoms with Crippen molar-refractivity contribution in [3.63, 3.8) is 0 Å². The number of hydrogen-bond acceptors (Lipinski definition) is 4. The molecule has 0 spiro atoms. The molecule has 166 valence electrons. The van der Waals surface area contributed by atoms with Crippen LogP contribution >= 0.6 is 15.9 Å². The second-order valence-corrected chi connectivity index (χ2v) is 8.78. The predicted molar refractivity (Wildman–Crippen MR) is 134 cm³/mol. The van der Waals surface area contributed by atoms with Gasteiger partial charge in [0.2, 0.25) is 6.79 Å². The van der Waals surface area contributed by atoms with E-state index in [1.165, 1.54) is 0 Å². The van der Waals surface area contributed by atoms with Crippen molar-refractivity contribution in [1.29, 1.82) is 0 Å². The monoisotopic (exact) mass is 502 g/mol. The van der Waals surface area contributed by atoms with E-state index in [1.54, 1.807) is 0 Å². The molecule has 6 heteroatoms. The number of aliphatic imine (C=N–C) groups is 1. The third-order valence-electron chi connectivity index (χ3n) is 5.59. The lowest BCUT2D eigenvalue weighted by Crippen LogP contribution is -2.00. The van der Waals surface area contributed by atoms with Gasteiger partial charge in [-0.3, -0.25) is 4.99 Å². The molecule has 0 radical (unpaired) electrons. The Balaban J connectivity index is 1.31. The third kappa shape index (κ3) is 4.66. The molecule has 4 aromatic rings. The Hall–Kier alpha value is -3.51. The molecule has 0 aliphatic carbocycles. The number of rotatable bonds is 6. The van der Waals surface area contributed by atoms with Crippen LogP contribution in [-0.2, 0) is 6.61 Å². The molecule has 5 rings (SSSR count). The summed E-state index contributed by atoms with van der Waals surface area (Å²) in [6, 6.07) is 24.2. The number of aryl methyl sites for hydroxylation is 1. The van der Waals surface area contributed by atoms with E-state index in [0.717, 1.165) is 55.6 Å². The zero-order valence-corrected chi connectivity index (χ0v) is 20.0. The van der Waals surface area contributed by atoms with E-state index >= 15 is 0 Å². The van der Waals surface area contributed by atoms with Crippen LogP contribution in [0.5, 0.6) is 17.2 Å². The first kappa shape index (κ1) is 21.3. The van der Waals surface area contributed by atoms with Crippen LogP contribution in [0.25, 0.3) is 5.69 Å². The average Bonchev–Trinajstić information content (AvgIpc) is 3.41. The SMILES string of the molecule is Cc1cc(C=Nc2ccc3c(c2)OCO3)c(C)n1-c1ccc(OCc2ccc(Br)cc2)cc1. The molecular weight excluding hydrogens is 480 g/mol. The van der Waals surface area contributed by atoms with E-state index in [-0.39, 0.29) is 6.79 Å². The molecule has 0 saturated carbocycles. The van der Waals surface area contributed by atoms with Crippen molar-refractivity contribution in [2.45, 2.75) is 20.5 Å². The number of aromatic nitrogens is 1. The van der Waals surface area contributed by atoms with Crippen LogP contribution in [0.15, 0.2) is 82.3 Å². The van der Waals surface area contributed by atoms with Crippen LogP contribution in [0.2, 0.25) is 0 Å². The second kappa shape index (κ2) is 9.16. The van der Waals surface area contributed by atoms with Gasteiger partial charge >= 0.3 is 0 Å². The maximum atomic E-state index is 5.94. The molecule has 0 amide bonds. The van der Waals surface area contributed by atoms with Crippen molar-refractivity contribution in [3.05, 3.63) is 99.8 Å². The molecule has 1 aliphatic rings. The highest BCUT2D eigenvalue weighted by molar-refractivity contribution is 9.10. The van der Waals surface area contributed by atoms with Gasteiger partial charge in [0.15, 0.2) is 11.5 Å². The largest absolute Gasteiger partial charge is 0.489 e. The van der Waals surface area contributed by atoms with Gasteiger partial charge < -0.3 is 18.8 Å². The van der Waals surface area contributed by atoms with E-state index in [4.69, 9.17) is 14.2 Å². The summed E-state index contributed by atoms with van der Waals surface area (Å²) >= 11 is 3.46. The van der Waals surface area contributed by atoms with Gasteiger partial charge in [0.1, 0.15) is 12.4 Å². The lowest BCUT2D eigenvalue weighted by Gasteiger charge is -2.11. The summed E-state index contributed by atoms with van der Waals surface area (Å²) in [6.07, 6.45) is 1.89. The molecule has 0 fully saturated rings. The fourth-order valence-electron chi connectivity index (χ4n) is 3.86. The van der Waals surface area contributed by atoms with Crippen molar-refractivity contribution < 1.29 is 14.2 Å². The van der Waals surface area contributed by atoms with Crippen molar-refractivity contribution in [3.8, 4) is 22.9 Å². The van der Waals surface area contributed by atoms with Gasteiger partial charge in [-0.15, -0.1) is 0 Å². The number of nitrogens with zero attached hydrogens (tertiary/aromatic N) is 2. The summed E-state index contributed by atoms with van der Waals surface area (Å²) in [5.74, 6) is 2.34. The maximum absolute atomic E-state index is 5.94. The number of halogens is 1. The summed E-state index contributed by atoms with van der Waals surface area (Å²) in [6.45, 7) is 5.00. The summed E-state index contributed by atoms with van der Waals surface area (Å²) in [4.78, 5) is 4.64. The number of hydrogen-bond donors (Lipinski definition) is 0. The lowest BCUT2D eigenvalue weighted by molar-refractivity contribution is 0.174. The van der Waals surface area contributed by atoms with Crippen LogP contribution < -0.4 is 14.2 Å². The molecule has 2 heterocycles. The molecule has 0 bridgehead atoms. The summed E-state index contributed by atoms with van der Waals surface area (Å²) in [5, 5.41) is 0. The zero-order valence-electron chi connectivity index (χ0n) is 18.4. The standard InChI is InChI=1S/C27H23BrN2O3/c1-18-13-21(15-29-23-7-12-26-27(14-23)33-17-32-26)19(2)30(18)24-8-10-25(11-9-24)31-16-20-3-5-22(28)6-4-20/h3-15H,16-17H2,1-2H3. The van der Waals surface area contributed by atoms with Gasteiger partial charge in [-0.2, -0.15) is 0 Å². The predicted octanol–water partition coefficient (Wildman–Crippen LogP) is 6.91. The highest BCUT2D eigenvalue weighted by atomic mass is 79.9. The first-order chi connectivity index (χ1) is 16.1. The van der Waals surface area contributed by atoms with Crippen LogP contribution in [0.1, 0.15) is 22.5 Å². The van der Waals surface area contributed by atoms with E-state index in [0.29, 0.717) is 6.61 Å². The van der Waals surface area contributed by atoms with Crippen molar-refractivity contribution in [2.75, 3.05) is 6.79 Å². The van der Waals surface area contributed by atoms with Gasteiger partial charge in [0.05, 0.1) is 5.69 Å². The van der Waals surface area contributed by atoms with Gasteiger partial charge in [-0.05, 0) is 74.0 Å². The van der Waals surface area contributed by atoms with Gasteiger partial charge in [-0.1, -0.05) is 28.1 Å². The fraction of sp³-hybridized carbons (Fsp3) is 0.148. The Morgan fingerprint density at radius 2 is 1.70 bits per heavy atom. The van der Waals surface area contributed by atoms with Crippen molar-refractivity contribution >= 4 is 27.8 Å². The van der Waals surface area contributed by atoms with Crippen LogP contribution in [0, 0.1) is 13.8 Å². The van der Waals surface area contributed by atoms with Gasteiger partial charge in [-0.25, -0.2) is 0 Å². The number of fused-ring (bicyclic) bond motifs is 1. The van der Waals surface area contributed by atoms with Crippen molar-refractivity contribution in [1.82, 2.24) is 4.57 Å². The van der Waals surface area contributed by atoms with E-state index in [9.17, 15) is 0 Å². The van der Waals surface area contributed by atoms with Gasteiger partial charge in [0.25, 0.3) is 0 Å². The topological polar surface area (TPSA) is 45.0 Å². The van der Waals surface area contributed by atoms with Crippen LogP contribution in [-0.4, -0.2) is 17.6 Å². The number of ether oxygens (including phenoxy) is 3. The average molecular weight is 503 g/mol. The van der Waals surface area contributed by atoms with Crippen molar-refractivity contribution in [2.24, 2.45) is 4.99 Å². The minimum Gasteiger partial charge on any atom is -0.489 e. The molecule has 0 N–H and O–H groups in total. The molecule has 1 aliphatic heterocycles. The number of benzene rings is 3. The third-order valence-corrected chi connectivity index (χ3v) is 6.12. The molecule has 5 nitrogen and oxygen atoms in total. The molecule has 3 aromatic carbocycles.